The first-order valence-electron chi connectivity index (χ1n) is 8.32. The van der Waals surface area contributed by atoms with Crippen LogP contribution in [0.2, 0.25) is 0 Å². The number of aromatic nitrogens is 1. The Labute approximate surface area is 165 Å². The van der Waals surface area contributed by atoms with Gasteiger partial charge in [0, 0.05) is 35.2 Å². The Bertz CT molecular complexity index is 944. The van der Waals surface area contributed by atoms with Gasteiger partial charge in [-0.2, -0.15) is 0 Å². The van der Waals surface area contributed by atoms with Crippen LogP contribution in [0, 0.1) is 0 Å². The largest absolute Gasteiger partial charge is 0.504 e. The van der Waals surface area contributed by atoms with Gasteiger partial charge in [0.25, 0.3) is 0 Å². The lowest BCUT2D eigenvalue weighted by atomic mass is 10.1. The monoisotopic (exact) mass is 424 g/mol. The summed E-state index contributed by atoms with van der Waals surface area (Å²) >= 11 is 3.36. The van der Waals surface area contributed by atoms with E-state index in [9.17, 15) is 9.90 Å². The Morgan fingerprint density at radius 1 is 1.19 bits per heavy atom. The molecule has 136 valence electrons. The highest BCUT2D eigenvalue weighted by atomic mass is 79.9. The third-order valence-corrected chi connectivity index (χ3v) is 4.23. The molecular weight excluding hydrogens is 408 g/mol. The van der Waals surface area contributed by atoms with Gasteiger partial charge in [-0.05, 0) is 36.2 Å². The second kappa shape index (κ2) is 9.09. The van der Waals surface area contributed by atoms with Crippen LogP contribution in [0.1, 0.15) is 21.5 Å². The number of rotatable bonds is 6. The van der Waals surface area contributed by atoms with Gasteiger partial charge in [-0.3, -0.25) is 9.98 Å². The number of pyridine rings is 1. The molecule has 3 aromatic rings. The van der Waals surface area contributed by atoms with Gasteiger partial charge in [-0.1, -0.05) is 46.3 Å². The molecule has 0 saturated heterocycles. The van der Waals surface area contributed by atoms with E-state index in [-0.39, 0.29) is 11.5 Å². The second-order valence-electron chi connectivity index (χ2n) is 5.74. The van der Waals surface area contributed by atoms with E-state index in [0.29, 0.717) is 22.1 Å². The fourth-order valence-corrected chi connectivity index (χ4v) is 2.87. The van der Waals surface area contributed by atoms with Gasteiger partial charge in [-0.25, -0.2) is 4.79 Å². The molecule has 1 heterocycles. The number of nitrogens with zero attached hydrogens (tertiary/aromatic N) is 2. The average molecular weight is 425 g/mol. The first-order chi connectivity index (χ1) is 13.1. The predicted octanol–water partition coefficient (Wildman–Crippen LogP) is 4.43. The van der Waals surface area contributed by atoms with E-state index in [1.54, 1.807) is 30.6 Å². The Kier molecular flexibility index (Phi) is 6.33. The highest BCUT2D eigenvalue weighted by Gasteiger charge is 2.15. The maximum atomic E-state index is 12.2. The van der Waals surface area contributed by atoms with Crippen LogP contribution in [0.3, 0.4) is 0 Å². The number of carbonyl (C=O) groups excluding carboxylic acids is 1. The van der Waals surface area contributed by atoms with Crippen molar-refractivity contribution < 1.29 is 14.6 Å². The summed E-state index contributed by atoms with van der Waals surface area (Å²) in [6.45, 7) is 0.584. The SMILES string of the molecule is O=C(Oc1cc(Br)cc(C=NCCc2ccccc2)c1O)c1cccnc1. The van der Waals surface area contributed by atoms with Gasteiger partial charge in [0.05, 0.1) is 5.56 Å². The van der Waals surface area contributed by atoms with E-state index in [1.165, 1.54) is 17.8 Å². The van der Waals surface area contributed by atoms with E-state index in [4.69, 9.17) is 4.74 Å². The Hall–Kier alpha value is -2.99. The zero-order valence-electron chi connectivity index (χ0n) is 14.4. The number of aliphatic imine (C=N–C) groups is 1. The minimum Gasteiger partial charge on any atom is -0.504 e. The smallest absolute Gasteiger partial charge is 0.345 e. The normalized spacial score (nSPS) is 10.9. The average Bonchev–Trinajstić information content (AvgIpc) is 2.70. The zero-order chi connectivity index (χ0) is 19.1. The number of phenols is 1. The number of hydrogen-bond acceptors (Lipinski definition) is 5. The number of hydrogen-bond donors (Lipinski definition) is 1. The molecular formula is C21H17BrN2O3. The van der Waals surface area contributed by atoms with Crippen molar-refractivity contribution in [2.24, 2.45) is 4.99 Å². The topological polar surface area (TPSA) is 71.8 Å². The van der Waals surface area contributed by atoms with Crippen molar-refractivity contribution in [2.75, 3.05) is 6.54 Å². The van der Waals surface area contributed by atoms with Gasteiger partial charge >= 0.3 is 5.97 Å². The van der Waals surface area contributed by atoms with Gasteiger partial charge < -0.3 is 9.84 Å². The van der Waals surface area contributed by atoms with Crippen LogP contribution in [0.15, 0.2) is 76.5 Å². The van der Waals surface area contributed by atoms with E-state index in [0.717, 1.165) is 6.42 Å². The number of halogens is 1. The molecule has 0 bridgehead atoms. The molecule has 2 aromatic carbocycles. The number of phenolic OH excluding ortho intramolecular Hbond substituents is 1. The first-order valence-corrected chi connectivity index (χ1v) is 9.11. The molecule has 0 aliphatic rings. The van der Waals surface area contributed by atoms with E-state index in [2.05, 4.69) is 25.9 Å². The fraction of sp³-hybridized carbons (Fsp3) is 0.0952. The Morgan fingerprint density at radius 2 is 2.00 bits per heavy atom. The van der Waals surface area contributed by atoms with Crippen LogP contribution in [0.25, 0.3) is 0 Å². The van der Waals surface area contributed by atoms with Crippen LogP contribution >= 0.6 is 15.9 Å². The highest BCUT2D eigenvalue weighted by molar-refractivity contribution is 9.10. The number of esters is 1. The summed E-state index contributed by atoms with van der Waals surface area (Å²) in [6, 6.07) is 16.5. The molecule has 0 atom stereocenters. The zero-order valence-corrected chi connectivity index (χ0v) is 16.0. The first kappa shape index (κ1) is 18.8. The molecule has 6 heteroatoms. The molecule has 0 saturated carbocycles. The molecule has 0 spiro atoms. The summed E-state index contributed by atoms with van der Waals surface area (Å²) in [4.78, 5) is 20.4. The Morgan fingerprint density at radius 3 is 2.74 bits per heavy atom. The Balaban J connectivity index is 1.71. The van der Waals surface area contributed by atoms with E-state index < -0.39 is 5.97 Å². The highest BCUT2D eigenvalue weighted by Crippen LogP contribution is 2.33. The molecule has 0 aliphatic heterocycles. The van der Waals surface area contributed by atoms with Crippen LogP contribution in [-0.4, -0.2) is 28.8 Å². The maximum Gasteiger partial charge on any atom is 0.345 e. The summed E-state index contributed by atoms with van der Waals surface area (Å²) in [7, 11) is 0. The molecule has 5 nitrogen and oxygen atoms in total. The van der Waals surface area contributed by atoms with Crippen molar-refractivity contribution in [2.45, 2.75) is 6.42 Å². The van der Waals surface area contributed by atoms with Crippen LogP contribution in [0.4, 0.5) is 0 Å². The van der Waals surface area contributed by atoms with Crippen molar-refractivity contribution in [3.63, 3.8) is 0 Å². The minimum absolute atomic E-state index is 0.0581. The minimum atomic E-state index is -0.594. The van der Waals surface area contributed by atoms with Gasteiger partial charge in [0.2, 0.25) is 0 Å². The van der Waals surface area contributed by atoms with Crippen molar-refractivity contribution in [3.05, 3.63) is 88.2 Å². The van der Waals surface area contributed by atoms with Crippen LogP contribution in [0.5, 0.6) is 11.5 Å². The van der Waals surface area contributed by atoms with Gasteiger partial charge in [0.15, 0.2) is 11.5 Å². The lowest BCUT2D eigenvalue weighted by molar-refractivity contribution is 0.0729. The van der Waals surface area contributed by atoms with Crippen molar-refractivity contribution >= 4 is 28.1 Å². The summed E-state index contributed by atoms with van der Waals surface area (Å²) in [5.74, 6) is -0.676. The van der Waals surface area contributed by atoms with Crippen LogP contribution < -0.4 is 4.74 Å². The van der Waals surface area contributed by atoms with Crippen LogP contribution in [-0.2, 0) is 6.42 Å². The van der Waals surface area contributed by atoms with Crippen molar-refractivity contribution in [1.29, 1.82) is 0 Å². The fourth-order valence-electron chi connectivity index (χ4n) is 2.41. The maximum absolute atomic E-state index is 12.2. The molecule has 1 N–H and O–H groups in total. The molecule has 27 heavy (non-hydrogen) atoms. The quantitative estimate of drug-likeness (QED) is 0.360. The van der Waals surface area contributed by atoms with E-state index >= 15 is 0 Å². The third-order valence-electron chi connectivity index (χ3n) is 3.77. The second-order valence-corrected chi connectivity index (χ2v) is 6.66. The van der Waals surface area contributed by atoms with Gasteiger partial charge in [-0.15, -0.1) is 0 Å². The standard InChI is InChI=1S/C21H17BrN2O3/c22-18-11-17(14-24-10-8-15-5-2-1-3-6-15)20(25)19(12-18)27-21(26)16-7-4-9-23-13-16/h1-7,9,11-14,25H,8,10H2. The number of ether oxygens (including phenoxy) is 1. The lowest BCUT2D eigenvalue weighted by Gasteiger charge is -2.09. The summed E-state index contributed by atoms with van der Waals surface area (Å²) in [5, 5.41) is 10.4. The molecule has 0 unspecified atom stereocenters. The molecule has 3 rings (SSSR count). The summed E-state index contributed by atoms with van der Waals surface area (Å²) < 4.78 is 5.97. The number of aromatic hydroxyl groups is 1. The van der Waals surface area contributed by atoms with Crippen molar-refractivity contribution in [1.82, 2.24) is 4.98 Å². The summed E-state index contributed by atoms with van der Waals surface area (Å²) in [5.41, 5.74) is 1.96. The van der Waals surface area contributed by atoms with Crippen molar-refractivity contribution in [3.8, 4) is 11.5 Å². The number of carbonyl (C=O) groups is 1. The molecule has 0 fully saturated rings. The third kappa shape index (κ3) is 5.24. The van der Waals surface area contributed by atoms with E-state index in [1.807, 2.05) is 30.3 Å². The lowest BCUT2D eigenvalue weighted by Crippen LogP contribution is -2.09. The summed E-state index contributed by atoms with van der Waals surface area (Å²) in [6.07, 6.45) is 5.35. The molecule has 0 aliphatic carbocycles. The molecule has 0 radical (unpaired) electrons. The molecule has 1 aromatic heterocycles. The number of benzene rings is 2. The predicted molar refractivity (Wildman–Crippen MR) is 108 cm³/mol. The van der Waals surface area contributed by atoms with Gasteiger partial charge in [0.1, 0.15) is 0 Å². The molecule has 0 amide bonds.